The normalized spacial score (nSPS) is 10.2. The van der Waals surface area contributed by atoms with Crippen molar-refractivity contribution in [3.8, 4) is 5.75 Å². The molecule has 21 heavy (non-hydrogen) atoms. The van der Waals surface area contributed by atoms with Gasteiger partial charge in [-0.3, -0.25) is 4.79 Å². The number of hydrogen-bond donors (Lipinski definition) is 0. The van der Waals surface area contributed by atoms with E-state index in [2.05, 4.69) is 20.9 Å². The minimum atomic E-state index is -0.101. The molecule has 0 spiro atoms. The van der Waals surface area contributed by atoms with Crippen LogP contribution in [0, 0.1) is 0 Å². The average Bonchev–Trinajstić information content (AvgIpc) is 2.49. The molecular formula is C16H17BrN2O2. The molecule has 2 rings (SSSR count). The predicted molar refractivity (Wildman–Crippen MR) is 85.3 cm³/mol. The molecule has 0 bridgehead atoms. The Morgan fingerprint density at radius 3 is 2.52 bits per heavy atom. The van der Waals surface area contributed by atoms with Gasteiger partial charge in [0.1, 0.15) is 11.4 Å². The van der Waals surface area contributed by atoms with Gasteiger partial charge < -0.3 is 9.64 Å². The largest absolute Gasteiger partial charge is 0.494 e. The van der Waals surface area contributed by atoms with E-state index in [1.165, 1.54) is 0 Å². The van der Waals surface area contributed by atoms with Gasteiger partial charge in [-0.25, -0.2) is 4.98 Å². The molecule has 0 atom stereocenters. The van der Waals surface area contributed by atoms with Gasteiger partial charge in [-0.05, 0) is 52.7 Å². The minimum absolute atomic E-state index is 0.101. The molecular weight excluding hydrogens is 332 g/mol. The topological polar surface area (TPSA) is 42.4 Å². The Kier molecular flexibility index (Phi) is 5.33. The molecule has 0 aliphatic carbocycles. The lowest BCUT2D eigenvalue weighted by Gasteiger charge is -2.17. The van der Waals surface area contributed by atoms with Crippen LogP contribution in [0.25, 0.3) is 0 Å². The van der Waals surface area contributed by atoms with E-state index in [9.17, 15) is 4.79 Å². The second-order valence-corrected chi connectivity index (χ2v) is 5.52. The van der Waals surface area contributed by atoms with E-state index in [4.69, 9.17) is 4.74 Å². The maximum Gasteiger partial charge on any atom is 0.272 e. The van der Waals surface area contributed by atoms with Crippen LogP contribution in [0.3, 0.4) is 0 Å². The summed E-state index contributed by atoms with van der Waals surface area (Å²) >= 11 is 3.31. The van der Waals surface area contributed by atoms with Crippen molar-refractivity contribution in [1.82, 2.24) is 9.88 Å². The number of carbonyl (C=O) groups is 1. The zero-order valence-corrected chi connectivity index (χ0v) is 13.6. The Hall–Kier alpha value is -1.88. The molecule has 0 unspecified atom stereocenters. The first-order chi connectivity index (χ1) is 10.1. The van der Waals surface area contributed by atoms with E-state index >= 15 is 0 Å². The first-order valence-electron chi connectivity index (χ1n) is 6.69. The van der Waals surface area contributed by atoms with Crippen molar-refractivity contribution in [2.24, 2.45) is 0 Å². The van der Waals surface area contributed by atoms with Crippen LogP contribution in [0.2, 0.25) is 0 Å². The Morgan fingerprint density at radius 2 is 1.95 bits per heavy atom. The molecule has 1 heterocycles. The molecule has 0 saturated heterocycles. The second-order valence-electron chi connectivity index (χ2n) is 4.60. The van der Waals surface area contributed by atoms with Crippen LogP contribution in [0.5, 0.6) is 5.75 Å². The lowest BCUT2D eigenvalue weighted by Crippen LogP contribution is -2.26. The van der Waals surface area contributed by atoms with Gasteiger partial charge in [0.25, 0.3) is 5.91 Å². The quantitative estimate of drug-likeness (QED) is 0.830. The molecule has 0 aliphatic rings. The van der Waals surface area contributed by atoms with Crippen LogP contribution in [-0.2, 0) is 6.54 Å². The maximum absolute atomic E-state index is 12.3. The van der Waals surface area contributed by atoms with Crippen LogP contribution >= 0.6 is 15.9 Å². The zero-order chi connectivity index (χ0) is 15.2. The van der Waals surface area contributed by atoms with Crippen LogP contribution in [0.1, 0.15) is 23.0 Å². The molecule has 1 amide bonds. The Bertz CT molecular complexity index is 597. The standard InChI is InChI=1S/C16H17BrN2O2/c1-3-21-14-7-4-12(5-8-14)11-19(2)16(20)15-9-6-13(17)10-18-15/h4-10H,3,11H2,1-2H3. The van der Waals surface area contributed by atoms with Crippen molar-refractivity contribution in [2.75, 3.05) is 13.7 Å². The molecule has 110 valence electrons. The summed E-state index contributed by atoms with van der Waals surface area (Å²) in [6.07, 6.45) is 1.62. The van der Waals surface area contributed by atoms with Crippen molar-refractivity contribution in [3.05, 3.63) is 58.3 Å². The molecule has 0 radical (unpaired) electrons. The van der Waals surface area contributed by atoms with E-state index in [0.717, 1.165) is 15.8 Å². The van der Waals surface area contributed by atoms with Crippen molar-refractivity contribution in [1.29, 1.82) is 0 Å². The summed E-state index contributed by atoms with van der Waals surface area (Å²) in [5.41, 5.74) is 1.48. The number of benzene rings is 1. The monoisotopic (exact) mass is 348 g/mol. The van der Waals surface area contributed by atoms with Gasteiger partial charge in [-0.15, -0.1) is 0 Å². The number of rotatable bonds is 5. The van der Waals surface area contributed by atoms with Gasteiger partial charge >= 0.3 is 0 Å². The van der Waals surface area contributed by atoms with E-state index in [-0.39, 0.29) is 5.91 Å². The number of amides is 1. The highest BCUT2D eigenvalue weighted by molar-refractivity contribution is 9.10. The van der Waals surface area contributed by atoms with Gasteiger partial charge in [0.05, 0.1) is 6.61 Å². The fourth-order valence-corrected chi connectivity index (χ4v) is 2.14. The maximum atomic E-state index is 12.3. The number of hydrogen-bond acceptors (Lipinski definition) is 3. The number of aromatic nitrogens is 1. The summed E-state index contributed by atoms with van der Waals surface area (Å²) in [5.74, 6) is 0.737. The van der Waals surface area contributed by atoms with Crippen molar-refractivity contribution in [2.45, 2.75) is 13.5 Å². The summed E-state index contributed by atoms with van der Waals surface area (Å²) in [6.45, 7) is 3.13. The van der Waals surface area contributed by atoms with Gasteiger partial charge in [0.15, 0.2) is 0 Å². The van der Waals surface area contributed by atoms with E-state index in [0.29, 0.717) is 18.8 Å². The summed E-state index contributed by atoms with van der Waals surface area (Å²) in [7, 11) is 1.77. The highest BCUT2D eigenvalue weighted by atomic mass is 79.9. The van der Waals surface area contributed by atoms with Gasteiger partial charge in [-0.2, -0.15) is 0 Å². The molecule has 4 nitrogen and oxygen atoms in total. The number of ether oxygens (including phenoxy) is 1. The number of pyridine rings is 1. The highest BCUT2D eigenvalue weighted by Crippen LogP contribution is 2.14. The van der Waals surface area contributed by atoms with Crippen LogP contribution < -0.4 is 4.74 Å². The van der Waals surface area contributed by atoms with E-state index < -0.39 is 0 Å². The summed E-state index contributed by atoms with van der Waals surface area (Å²) in [5, 5.41) is 0. The molecule has 0 fully saturated rings. The second kappa shape index (κ2) is 7.22. The number of nitrogens with zero attached hydrogens (tertiary/aromatic N) is 2. The smallest absolute Gasteiger partial charge is 0.272 e. The van der Waals surface area contributed by atoms with Gasteiger partial charge in [-0.1, -0.05) is 12.1 Å². The number of halogens is 1. The third-order valence-electron chi connectivity index (χ3n) is 2.95. The van der Waals surface area contributed by atoms with Crippen LogP contribution in [-0.4, -0.2) is 29.4 Å². The summed E-state index contributed by atoms with van der Waals surface area (Å²) in [6, 6.07) is 11.3. The van der Waals surface area contributed by atoms with Crippen LogP contribution in [0.4, 0.5) is 0 Å². The SMILES string of the molecule is CCOc1ccc(CN(C)C(=O)c2ccc(Br)cn2)cc1. The molecule has 1 aromatic heterocycles. The first kappa shape index (κ1) is 15.5. The van der Waals surface area contributed by atoms with Gasteiger partial charge in [0, 0.05) is 24.3 Å². The minimum Gasteiger partial charge on any atom is -0.494 e. The highest BCUT2D eigenvalue weighted by Gasteiger charge is 2.13. The van der Waals surface area contributed by atoms with Crippen molar-refractivity contribution >= 4 is 21.8 Å². The first-order valence-corrected chi connectivity index (χ1v) is 7.48. The third-order valence-corrected chi connectivity index (χ3v) is 3.42. The molecule has 5 heteroatoms. The number of carbonyl (C=O) groups excluding carboxylic acids is 1. The zero-order valence-electron chi connectivity index (χ0n) is 12.0. The van der Waals surface area contributed by atoms with Crippen LogP contribution in [0.15, 0.2) is 47.1 Å². The van der Waals surface area contributed by atoms with E-state index in [1.807, 2.05) is 37.3 Å². The van der Waals surface area contributed by atoms with Crippen molar-refractivity contribution < 1.29 is 9.53 Å². The Labute approximate surface area is 132 Å². The molecule has 0 aliphatic heterocycles. The summed E-state index contributed by atoms with van der Waals surface area (Å²) < 4.78 is 6.25. The molecule has 0 saturated carbocycles. The summed E-state index contributed by atoms with van der Waals surface area (Å²) in [4.78, 5) is 18.0. The predicted octanol–water partition coefficient (Wildman–Crippen LogP) is 3.52. The Balaban J connectivity index is 2.01. The molecule has 1 aromatic carbocycles. The molecule has 0 N–H and O–H groups in total. The lowest BCUT2D eigenvalue weighted by molar-refractivity contribution is 0.0779. The third kappa shape index (κ3) is 4.29. The fraction of sp³-hybridized carbons (Fsp3) is 0.250. The average molecular weight is 349 g/mol. The van der Waals surface area contributed by atoms with E-state index in [1.54, 1.807) is 24.2 Å². The Morgan fingerprint density at radius 1 is 1.24 bits per heavy atom. The lowest BCUT2D eigenvalue weighted by atomic mass is 10.2. The molecule has 2 aromatic rings. The fourth-order valence-electron chi connectivity index (χ4n) is 1.90. The van der Waals surface area contributed by atoms with Gasteiger partial charge in [0.2, 0.25) is 0 Å². The van der Waals surface area contributed by atoms with Crippen molar-refractivity contribution in [3.63, 3.8) is 0 Å².